The molecule has 98 valence electrons. The van der Waals surface area contributed by atoms with E-state index in [0.29, 0.717) is 0 Å². The third kappa shape index (κ3) is 4.34. The molecular weight excluding hydrogens is 218 g/mol. The number of rotatable bonds is 3. The Hall–Kier alpha value is -1.10. The molecule has 1 aliphatic rings. The van der Waals surface area contributed by atoms with Crippen molar-refractivity contribution in [3.63, 3.8) is 0 Å². The van der Waals surface area contributed by atoms with E-state index in [4.69, 9.17) is 0 Å². The molecule has 2 unspecified atom stereocenters. The predicted octanol–water partition coefficient (Wildman–Crippen LogP) is 0.0153. The average molecular weight is 241 g/mol. The molecule has 1 fully saturated rings. The van der Waals surface area contributed by atoms with Gasteiger partial charge in [-0.25, -0.2) is 0 Å². The number of hydrogen-bond donors (Lipinski definition) is 3. The van der Waals surface area contributed by atoms with Gasteiger partial charge in [0, 0.05) is 18.0 Å². The zero-order valence-corrected chi connectivity index (χ0v) is 11.1. The van der Waals surface area contributed by atoms with Crippen LogP contribution in [0.15, 0.2) is 0 Å². The van der Waals surface area contributed by atoms with Crippen molar-refractivity contribution in [3.8, 4) is 0 Å². The van der Waals surface area contributed by atoms with Crippen molar-refractivity contribution in [2.45, 2.75) is 46.2 Å². The summed E-state index contributed by atoms with van der Waals surface area (Å²) in [6.07, 6.45) is 0.950. The Bertz CT molecular complexity index is 291. The molecule has 0 aromatic heterocycles. The van der Waals surface area contributed by atoms with E-state index in [1.54, 1.807) is 6.92 Å². The minimum absolute atomic E-state index is 0.107. The molecule has 0 aliphatic carbocycles. The Morgan fingerprint density at radius 1 is 1.35 bits per heavy atom. The number of amides is 2. The SMILES string of the molecule is CC(NC(=O)C(C)(C)C)C(=O)NC1CCNC1. The molecule has 2 amide bonds. The van der Waals surface area contributed by atoms with Gasteiger partial charge in [-0.2, -0.15) is 0 Å². The van der Waals surface area contributed by atoms with E-state index >= 15 is 0 Å². The summed E-state index contributed by atoms with van der Waals surface area (Å²) in [5.74, 6) is -0.221. The van der Waals surface area contributed by atoms with Crippen LogP contribution in [-0.4, -0.2) is 37.0 Å². The summed E-state index contributed by atoms with van der Waals surface area (Å²) in [5, 5.41) is 8.82. The van der Waals surface area contributed by atoms with E-state index in [9.17, 15) is 9.59 Å². The highest BCUT2D eigenvalue weighted by molar-refractivity contribution is 5.89. The molecule has 1 heterocycles. The van der Waals surface area contributed by atoms with E-state index in [1.807, 2.05) is 20.8 Å². The molecule has 1 saturated heterocycles. The van der Waals surface area contributed by atoms with Gasteiger partial charge < -0.3 is 16.0 Å². The predicted molar refractivity (Wildman–Crippen MR) is 66.5 cm³/mol. The maximum absolute atomic E-state index is 11.8. The van der Waals surface area contributed by atoms with Gasteiger partial charge in [0.1, 0.15) is 6.04 Å². The molecule has 0 aromatic carbocycles. The molecule has 0 bridgehead atoms. The van der Waals surface area contributed by atoms with E-state index in [-0.39, 0.29) is 17.9 Å². The number of carbonyl (C=O) groups is 2. The van der Waals surface area contributed by atoms with E-state index in [0.717, 1.165) is 19.5 Å². The largest absolute Gasteiger partial charge is 0.350 e. The summed E-state index contributed by atoms with van der Waals surface area (Å²) in [5.41, 5.74) is -0.469. The molecule has 0 saturated carbocycles. The van der Waals surface area contributed by atoms with Gasteiger partial charge in [-0.05, 0) is 19.9 Å². The normalized spacial score (nSPS) is 22.0. The van der Waals surface area contributed by atoms with E-state index in [2.05, 4.69) is 16.0 Å². The van der Waals surface area contributed by atoms with Crippen LogP contribution in [0, 0.1) is 5.41 Å². The zero-order chi connectivity index (χ0) is 13.1. The lowest BCUT2D eigenvalue weighted by atomic mass is 9.95. The lowest BCUT2D eigenvalue weighted by Crippen LogP contribution is -2.50. The first kappa shape index (κ1) is 14.0. The lowest BCUT2D eigenvalue weighted by molar-refractivity contribution is -0.133. The Morgan fingerprint density at radius 3 is 2.47 bits per heavy atom. The van der Waals surface area contributed by atoms with Crippen molar-refractivity contribution < 1.29 is 9.59 Å². The average Bonchev–Trinajstić information content (AvgIpc) is 2.68. The molecule has 0 spiro atoms. The van der Waals surface area contributed by atoms with Gasteiger partial charge >= 0.3 is 0 Å². The highest BCUT2D eigenvalue weighted by Gasteiger charge is 2.26. The first-order chi connectivity index (χ1) is 7.80. The third-order valence-electron chi connectivity index (χ3n) is 2.83. The molecule has 3 N–H and O–H groups in total. The van der Waals surface area contributed by atoms with Gasteiger partial charge in [0.25, 0.3) is 0 Å². The summed E-state index contributed by atoms with van der Waals surface area (Å²) in [6, 6.07) is -0.293. The van der Waals surface area contributed by atoms with E-state index in [1.165, 1.54) is 0 Å². The highest BCUT2D eigenvalue weighted by Crippen LogP contribution is 2.12. The van der Waals surface area contributed by atoms with Crippen molar-refractivity contribution in [2.24, 2.45) is 5.41 Å². The topological polar surface area (TPSA) is 70.2 Å². The quantitative estimate of drug-likeness (QED) is 0.652. The van der Waals surface area contributed by atoms with Gasteiger partial charge in [-0.3, -0.25) is 9.59 Å². The zero-order valence-electron chi connectivity index (χ0n) is 11.1. The molecule has 5 heteroatoms. The number of carbonyl (C=O) groups excluding carboxylic acids is 2. The van der Waals surface area contributed by atoms with Gasteiger partial charge in [0.05, 0.1) is 0 Å². The second kappa shape index (κ2) is 5.49. The van der Waals surface area contributed by atoms with Crippen molar-refractivity contribution in [3.05, 3.63) is 0 Å². The third-order valence-corrected chi connectivity index (χ3v) is 2.83. The molecule has 2 atom stereocenters. The van der Waals surface area contributed by atoms with Gasteiger partial charge in [0.2, 0.25) is 11.8 Å². The lowest BCUT2D eigenvalue weighted by Gasteiger charge is -2.22. The van der Waals surface area contributed by atoms with Gasteiger partial charge in [-0.15, -0.1) is 0 Å². The smallest absolute Gasteiger partial charge is 0.242 e. The second-order valence-electron chi connectivity index (χ2n) is 5.64. The first-order valence-electron chi connectivity index (χ1n) is 6.13. The Labute approximate surface area is 103 Å². The molecule has 0 radical (unpaired) electrons. The second-order valence-corrected chi connectivity index (χ2v) is 5.64. The molecule has 17 heavy (non-hydrogen) atoms. The first-order valence-corrected chi connectivity index (χ1v) is 6.13. The summed E-state index contributed by atoms with van der Waals surface area (Å²) in [7, 11) is 0. The van der Waals surface area contributed by atoms with Crippen molar-refractivity contribution in [2.75, 3.05) is 13.1 Å². The van der Waals surface area contributed by atoms with E-state index < -0.39 is 11.5 Å². The summed E-state index contributed by atoms with van der Waals surface area (Å²) < 4.78 is 0. The van der Waals surface area contributed by atoms with Crippen LogP contribution in [0.3, 0.4) is 0 Å². The Kier molecular flexibility index (Phi) is 4.51. The maximum atomic E-state index is 11.8. The van der Waals surface area contributed by atoms with Crippen LogP contribution in [0.25, 0.3) is 0 Å². The fraction of sp³-hybridized carbons (Fsp3) is 0.833. The van der Waals surface area contributed by atoms with Crippen LogP contribution in [0.4, 0.5) is 0 Å². The minimum atomic E-state index is -0.484. The fourth-order valence-corrected chi connectivity index (χ4v) is 1.58. The molecule has 1 rings (SSSR count). The van der Waals surface area contributed by atoms with Crippen LogP contribution in [0.1, 0.15) is 34.1 Å². The monoisotopic (exact) mass is 241 g/mol. The van der Waals surface area contributed by atoms with Crippen LogP contribution in [-0.2, 0) is 9.59 Å². The fourth-order valence-electron chi connectivity index (χ4n) is 1.58. The molecule has 1 aliphatic heterocycles. The van der Waals surface area contributed by atoms with Crippen LogP contribution in [0.5, 0.6) is 0 Å². The Balaban J connectivity index is 2.38. The standard InChI is InChI=1S/C12H23N3O2/c1-8(14-11(17)12(2,3)4)10(16)15-9-5-6-13-7-9/h8-9,13H,5-7H2,1-4H3,(H,14,17)(H,15,16). The summed E-state index contributed by atoms with van der Waals surface area (Å²) in [6.45, 7) is 8.94. The van der Waals surface area contributed by atoms with Crippen molar-refractivity contribution in [1.29, 1.82) is 0 Å². The van der Waals surface area contributed by atoms with Crippen LogP contribution < -0.4 is 16.0 Å². The van der Waals surface area contributed by atoms with Gasteiger partial charge in [-0.1, -0.05) is 20.8 Å². The molecule has 0 aromatic rings. The number of hydrogen-bond acceptors (Lipinski definition) is 3. The van der Waals surface area contributed by atoms with Crippen molar-refractivity contribution in [1.82, 2.24) is 16.0 Å². The van der Waals surface area contributed by atoms with Crippen LogP contribution in [0.2, 0.25) is 0 Å². The van der Waals surface area contributed by atoms with Crippen LogP contribution >= 0.6 is 0 Å². The summed E-state index contributed by atoms with van der Waals surface area (Å²) >= 11 is 0. The minimum Gasteiger partial charge on any atom is -0.350 e. The van der Waals surface area contributed by atoms with Crippen molar-refractivity contribution >= 4 is 11.8 Å². The maximum Gasteiger partial charge on any atom is 0.242 e. The number of nitrogens with one attached hydrogen (secondary N) is 3. The highest BCUT2D eigenvalue weighted by atomic mass is 16.2. The van der Waals surface area contributed by atoms with Gasteiger partial charge in [0.15, 0.2) is 0 Å². The molecular formula is C12H23N3O2. The summed E-state index contributed by atoms with van der Waals surface area (Å²) in [4.78, 5) is 23.5. The Morgan fingerprint density at radius 2 is 2.00 bits per heavy atom. The molecule has 5 nitrogen and oxygen atoms in total.